The Morgan fingerprint density at radius 3 is 3.18 bits per heavy atom. The van der Waals surface area contributed by atoms with Gasteiger partial charge >= 0.3 is 0 Å². The predicted molar refractivity (Wildman–Crippen MR) is 41.1 cm³/mol. The molecule has 1 aromatic heterocycles. The van der Waals surface area contributed by atoms with E-state index >= 15 is 0 Å². The second-order valence-corrected chi connectivity index (χ2v) is 2.00. The Morgan fingerprint density at radius 2 is 2.55 bits per heavy atom. The molecule has 58 valence electrons. The van der Waals surface area contributed by atoms with Crippen LogP contribution in [-0.4, -0.2) is 6.61 Å². The van der Waals surface area contributed by atoms with Gasteiger partial charge in [0, 0.05) is 6.07 Å². The van der Waals surface area contributed by atoms with Crippen molar-refractivity contribution < 1.29 is 9.47 Å². The molecular weight excluding hydrogens is 142 g/mol. The SMILES string of the molecule is C=CCOc1ccc[n+]([O-])c1. The summed E-state index contributed by atoms with van der Waals surface area (Å²) in [5.41, 5.74) is 0. The predicted octanol–water partition coefficient (Wildman–Crippen LogP) is 0.885. The van der Waals surface area contributed by atoms with E-state index in [0.29, 0.717) is 17.1 Å². The lowest BCUT2D eigenvalue weighted by Gasteiger charge is -2.00. The highest BCUT2D eigenvalue weighted by Gasteiger charge is 1.94. The standard InChI is InChI=1S/C8H9NO2/c1-2-6-11-8-4-3-5-9(10)7-8/h2-5,7H,1,6H2. The van der Waals surface area contributed by atoms with Crippen LogP contribution in [-0.2, 0) is 0 Å². The van der Waals surface area contributed by atoms with E-state index in [-0.39, 0.29) is 0 Å². The topological polar surface area (TPSA) is 36.2 Å². The summed E-state index contributed by atoms with van der Waals surface area (Å²) in [6.07, 6.45) is 4.40. The van der Waals surface area contributed by atoms with Gasteiger partial charge in [0.15, 0.2) is 11.9 Å². The highest BCUT2D eigenvalue weighted by atomic mass is 16.5. The van der Waals surface area contributed by atoms with Crippen LogP contribution in [0.5, 0.6) is 5.75 Å². The zero-order valence-electron chi connectivity index (χ0n) is 6.06. The van der Waals surface area contributed by atoms with E-state index in [1.54, 1.807) is 18.2 Å². The Labute approximate surface area is 65.1 Å². The van der Waals surface area contributed by atoms with Crippen LogP contribution in [0.2, 0.25) is 0 Å². The van der Waals surface area contributed by atoms with Crippen LogP contribution in [0.3, 0.4) is 0 Å². The summed E-state index contributed by atoms with van der Waals surface area (Å²) in [6.45, 7) is 3.91. The fourth-order valence-electron chi connectivity index (χ4n) is 0.675. The summed E-state index contributed by atoms with van der Waals surface area (Å²) in [4.78, 5) is 0. The normalized spacial score (nSPS) is 9.09. The van der Waals surface area contributed by atoms with Gasteiger partial charge in [-0.25, -0.2) is 0 Å². The van der Waals surface area contributed by atoms with Crippen LogP contribution in [0.15, 0.2) is 37.2 Å². The molecular formula is C8H9NO2. The number of nitrogens with zero attached hydrogens (tertiary/aromatic N) is 1. The third kappa shape index (κ3) is 2.29. The lowest BCUT2D eigenvalue weighted by atomic mass is 10.5. The van der Waals surface area contributed by atoms with Crippen LogP contribution in [0.25, 0.3) is 0 Å². The zero-order valence-corrected chi connectivity index (χ0v) is 6.06. The van der Waals surface area contributed by atoms with Gasteiger partial charge in [0.1, 0.15) is 6.61 Å². The van der Waals surface area contributed by atoms with Crippen molar-refractivity contribution in [3.05, 3.63) is 42.4 Å². The number of ether oxygens (including phenoxy) is 1. The van der Waals surface area contributed by atoms with Crippen LogP contribution in [0.1, 0.15) is 0 Å². The number of hydrogen-bond acceptors (Lipinski definition) is 2. The molecule has 1 aromatic rings. The van der Waals surface area contributed by atoms with E-state index in [9.17, 15) is 5.21 Å². The smallest absolute Gasteiger partial charge is 0.222 e. The largest absolute Gasteiger partial charge is 0.619 e. The molecule has 0 bridgehead atoms. The van der Waals surface area contributed by atoms with Gasteiger partial charge in [0.2, 0.25) is 6.20 Å². The second kappa shape index (κ2) is 3.61. The molecule has 0 aliphatic rings. The summed E-state index contributed by atoms with van der Waals surface area (Å²) in [5.74, 6) is 0.558. The van der Waals surface area contributed by atoms with Crippen molar-refractivity contribution in [2.75, 3.05) is 6.61 Å². The van der Waals surface area contributed by atoms with Crippen molar-refractivity contribution in [2.24, 2.45) is 0 Å². The highest BCUT2D eigenvalue weighted by Crippen LogP contribution is 2.04. The third-order valence-electron chi connectivity index (χ3n) is 1.12. The summed E-state index contributed by atoms with van der Waals surface area (Å²) in [5, 5.41) is 10.7. The molecule has 11 heavy (non-hydrogen) atoms. The molecule has 0 fully saturated rings. The minimum absolute atomic E-state index is 0.421. The van der Waals surface area contributed by atoms with E-state index in [2.05, 4.69) is 6.58 Å². The maximum atomic E-state index is 10.7. The average Bonchev–Trinajstić information content (AvgIpc) is 2.01. The molecule has 0 saturated heterocycles. The van der Waals surface area contributed by atoms with Gasteiger partial charge in [0.05, 0.1) is 0 Å². The summed E-state index contributed by atoms with van der Waals surface area (Å²) >= 11 is 0. The number of aromatic nitrogens is 1. The van der Waals surface area contributed by atoms with Gasteiger partial charge < -0.3 is 9.94 Å². The molecule has 0 atom stereocenters. The van der Waals surface area contributed by atoms with Gasteiger partial charge in [-0.05, 0) is 6.07 Å². The number of rotatable bonds is 3. The maximum absolute atomic E-state index is 10.7. The van der Waals surface area contributed by atoms with Crippen molar-refractivity contribution in [3.63, 3.8) is 0 Å². The van der Waals surface area contributed by atoms with E-state index in [4.69, 9.17) is 4.74 Å². The molecule has 0 spiro atoms. The summed E-state index contributed by atoms with van der Waals surface area (Å²) in [6, 6.07) is 3.35. The molecule has 0 radical (unpaired) electrons. The Bertz CT molecular complexity index is 248. The molecule has 0 aromatic carbocycles. The van der Waals surface area contributed by atoms with Crippen LogP contribution in [0, 0.1) is 5.21 Å². The molecule has 0 amide bonds. The quantitative estimate of drug-likeness (QED) is 0.365. The first-order valence-corrected chi connectivity index (χ1v) is 3.25. The van der Waals surface area contributed by atoms with Gasteiger partial charge in [0.25, 0.3) is 0 Å². The summed E-state index contributed by atoms with van der Waals surface area (Å²) in [7, 11) is 0. The lowest BCUT2D eigenvalue weighted by Crippen LogP contribution is -2.24. The van der Waals surface area contributed by atoms with Gasteiger partial charge in [-0.1, -0.05) is 12.7 Å². The minimum Gasteiger partial charge on any atom is -0.619 e. The summed E-state index contributed by atoms with van der Waals surface area (Å²) < 4.78 is 5.79. The van der Waals surface area contributed by atoms with Crippen LogP contribution >= 0.6 is 0 Å². The van der Waals surface area contributed by atoms with E-state index in [0.717, 1.165) is 0 Å². The first kappa shape index (κ1) is 7.60. The van der Waals surface area contributed by atoms with Crippen molar-refractivity contribution >= 4 is 0 Å². The van der Waals surface area contributed by atoms with Crippen molar-refractivity contribution in [1.82, 2.24) is 0 Å². The Hall–Kier alpha value is -1.51. The Morgan fingerprint density at radius 1 is 1.73 bits per heavy atom. The van der Waals surface area contributed by atoms with E-state index in [1.165, 1.54) is 12.4 Å². The molecule has 0 N–H and O–H groups in total. The van der Waals surface area contributed by atoms with Crippen molar-refractivity contribution in [1.29, 1.82) is 0 Å². The fourth-order valence-corrected chi connectivity index (χ4v) is 0.675. The minimum atomic E-state index is 0.421. The first-order valence-electron chi connectivity index (χ1n) is 3.25. The number of hydrogen-bond donors (Lipinski definition) is 0. The molecule has 3 nitrogen and oxygen atoms in total. The molecule has 3 heteroatoms. The average molecular weight is 151 g/mol. The lowest BCUT2D eigenvalue weighted by molar-refractivity contribution is -0.605. The molecule has 1 rings (SSSR count). The number of pyridine rings is 1. The molecule has 1 heterocycles. The molecule has 0 aliphatic carbocycles. The molecule has 0 unspecified atom stereocenters. The van der Waals surface area contributed by atoms with E-state index in [1.807, 2.05) is 0 Å². The third-order valence-corrected chi connectivity index (χ3v) is 1.12. The van der Waals surface area contributed by atoms with Gasteiger partial charge in [-0.2, -0.15) is 4.73 Å². The molecule has 0 aliphatic heterocycles. The highest BCUT2D eigenvalue weighted by molar-refractivity contribution is 5.12. The van der Waals surface area contributed by atoms with E-state index < -0.39 is 0 Å². The fraction of sp³-hybridized carbons (Fsp3) is 0.125. The van der Waals surface area contributed by atoms with Gasteiger partial charge in [-0.3, -0.25) is 0 Å². The Balaban J connectivity index is 2.63. The van der Waals surface area contributed by atoms with Crippen molar-refractivity contribution in [3.8, 4) is 5.75 Å². The first-order chi connectivity index (χ1) is 5.33. The molecule has 0 saturated carbocycles. The second-order valence-electron chi connectivity index (χ2n) is 2.00. The van der Waals surface area contributed by atoms with Crippen molar-refractivity contribution in [2.45, 2.75) is 0 Å². The maximum Gasteiger partial charge on any atom is 0.222 e. The Kier molecular flexibility index (Phi) is 2.49. The van der Waals surface area contributed by atoms with Gasteiger partial charge in [-0.15, -0.1) is 0 Å². The monoisotopic (exact) mass is 151 g/mol. The zero-order chi connectivity index (χ0) is 8.10. The van der Waals surface area contributed by atoms with Crippen LogP contribution in [0.4, 0.5) is 0 Å². The van der Waals surface area contributed by atoms with Crippen LogP contribution < -0.4 is 9.47 Å².